The predicted molar refractivity (Wildman–Crippen MR) is 113 cm³/mol. The van der Waals surface area contributed by atoms with Crippen LogP contribution in [0.4, 0.5) is 0 Å². The van der Waals surface area contributed by atoms with E-state index in [1.807, 2.05) is 12.1 Å². The molecule has 0 bridgehead atoms. The third kappa shape index (κ3) is 6.74. The molecule has 134 valence electrons. The van der Waals surface area contributed by atoms with Crippen LogP contribution in [-0.2, 0) is 21.1 Å². The van der Waals surface area contributed by atoms with Crippen molar-refractivity contribution in [3.8, 4) is 17.2 Å². The van der Waals surface area contributed by atoms with Crippen LogP contribution in [0.25, 0.3) is 0 Å². The largest absolute Gasteiger partial charge is 0.508 e. The maximum atomic E-state index is 11.7. The van der Waals surface area contributed by atoms with Gasteiger partial charge in [0.1, 0.15) is 23.0 Å². The van der Waals surface area contributed by atoms with Crippen LogP contribution in [0.1, 0.15) is 12.0 Å². The van der Waals surface area contributed by atoms with E-state index in [1.165, 1.54) is 0 Å². The summed E-state index contributed by atoms with van der Waals surface area (Å²) in [6, 6.07) is 10.3. The third-order valence-electron chi connectivity index (χ3n) is 3.23. The fourth-order valence-electron chi connectivity index (χ4n) is 2.13. The van der Waals surface area contributed by atoms with Gasteiger partial charge in [0.15, 0.2) is 15.6 Å². The Kier molecular flexibility index (Phi) is 7.09. The number of ether oxygens (including phenoxy) is 1. The molecule has 0 spiro atoms. The Morgan fingerprint density at radius 1 is 1.12 bits per heavy atom. The van der Waals surface area contributed by atoms with E-state index in [9.17, 15) is 18.3 Å². The first-order chi connectivity index (χ1) is 11.6. The number of aromatic hydroxyl groups is 1. The molecule has 0 saturated carbocycles. The van der Waals surface area contributed by atoms with Gasteiger partial charge in [0.05, 0.1) is 7.14 Å². The normalized spacial score (nSPS) is 11.3. The van der Waals surface area contributed by atoms with Crippen molar-refractivity contribution in [3.05, 3.63) is 49.1 Å². The number of sulfone groups is 1. The molecule has 8 heteroatoms. The zero-order valence-electron chi connectivity index (χ0n) is 13.3. The van der Waals surface area contributed by atoms with Gasteiger partial charge >= 0.3 is 0 Å². The molecule has 1 N–H and O–H groups in total. The Morgan fingerprint density at radius 3 is 2.20 bits per heavy atom. The van der Waals surface area contributed by atoms with Crippen LogP contribution >= 0.6 is 45.2 Å². The van der Waals surface area contributed by atoms with Gasteiger partial charge in [-0.3, -0.25) is 4.79 Å². The lowest BCUT2D eigenvalue weighted by Crippen LogP contribution is -2.14. The molecule has 0 aliphatic heterocycles. The third-order valence-corrected chi connectivity index (χ3v) is 5.68. The lowest BCUT2D eigenvalue weighted by Gasteiger charge is -2.12. The fourth-order valence-corrected chi connectivity index (χ4v) is 4.98. The summed E-state index contributed by atoms with van der Waals surface area (Å²) < 4.78 is 29.9. The molecule has 0 aliphatic carbocycles. The minimum absolute atomic E-state index is 0.172. The van der Waals surface area contributed by atoms with Crippen LogP contribution in [0.15, 0.2) is 36.4 Å². The minimum Gasteiger partial charge on any atom is -0.508 e. The van der Waals surface area contributed by atoms with E-state index >= 15 is 0 Å². The number of benzene rings is 2. The van der Waals surface area contributed by atoms with Crippen molar-refractivity contribution in [2.24, 2.45) is 0 Å². The number of phenolic OH excluding ortho intramolecular Hbond substituents is 1. The second kappa shape index (κ2) is 8.67. The van der Waals surface area contributed by atoms with E-state index in [-0.39, 0.29) is 18.0 Å². The fraction of sp³-hybridized carbons (Fsp3) is 0.235. The van der Waals surface area contributed by atoms with Gasteiger partial charge in [0.2, 0.25) is 0 Å². The number of hydrogen-bond acceptors (Lipinski definition) is 5. The van der Waals surface area contributed by atoms with Gasteiger partial charge < -0.3 is 9.84 Å². The van der Waals surface area contributed by atoms with Gasteiger partial charge in [0.25, 0.3) is 0 Å². The molecule has 0 saturated heterocycles. The average Bonchev–Trinajstić information content (AvgIpc) is 2.49. The summed E-state index contributed by atoms with van der Waals surface area (Å²) >= 11 is 4.33. The van der Waals surface area contributed by atoms with Crippen LogP contribution < -0.4 is 4.74 Å². The number of carbonyl (C=O) groups is 1. The molecular weight excluding hydrogens is 570 g/mol. The number of ketones is 1. The summed E-state index contributed by atoms with van der Waals surface area (Å²) in [6.45, 7) is 0. The van der Waals surface area contributed by atoms with Gasteiger partial charge in [-0.15, -0.1) is 0 Å². The Hall–Kier alpha value is -0.880. The molecule has 0 atom stereocenters. The van der Waals surface area contributed by atoms with Gasteiger partial charge in [-0.25, -0.2) is 8.42 Å². The Morgan fingerprint density at radius 2 is 1.68 bits per heavy atom. The van der Waals surface area contributed by atoms with Crippen LogP contribution in [0.5, 0.6) is 17.2 Å². The standard InChI is InChI=1S/C17H16I2O5S/c1-25(22,23)10-13(21)3-2-11-8-15(18)17(16(19)9-11)24-14-6-4-12(20)5-7-14/h4-9,20H,2-3,10H2,1H3. The highest BCUT2D eigenvalue weighted by molar-refractivity contribution is 14.1. The van der Waals surface area contributed by atoms with Gasteiger partial charge in [0, 0.05) is 12.7 Å². The predicted octanol–water partition coefficient (Wildman–Crippen LogP) is 3.94. The number of halogens is 2. The molecule has 2 aromatic rings. The van der Waals surface area contributed by atoms with Crippen molar-refractivity contribution in [2.75, 3.05) is 12.0 Å². The van der Waals surface area contributed by atoms with Crippen LogP contribution in [-0.4, -0.2) is 31.3 Å². The lowest BCUT2D eigenvalue weighted by atomic mass is 10.1. The summed E-state index contributed by atoms with van der Waals surface area (Å²) in [6.07, 6.45) is 1.74. The van der Waals surface area contributed by atoms with Crippen molar-refractivity contribution in [3.63, 3.8) is 0 Å². The van der Waals surface area contributed by atoms with Crippen molar-refractivity contribution >= 4 is 60.8 Å². The van der Waals surface area contributed by atoms with E-state index in [2.05, 4.69) is 45.2 Å². The molecule has 0 aromatic heterocycles. The number of hydrogen-bond donors (Lipinski definition) is 1. The highest BCUT2D eigenvalue weighted by atomic mass is 127. The monoisotopic (exact) mass is 586 g/mol. The van der Waals surface area contributed by atoms with Gasteiger partial charge in [-0.1, -0.05) is 0 Å². The maximum Gasteiger partial charge on any atom is 0.154 e. The van der Waals surface area contributed by atoms with Crippen molar-refractivity contribution in [1.82, 2.24) is 0 Å². The molecule has 2 rings (SSSR count). The zero-order valence-corrected chi connectivity index (χ0v) is 18.5. The van der Waals surface area contributed by atoms with Gasteiger partial charge in [-0.2, -0.15) is 0 Å². The van der Waals surface area contributed by atoms with E-state index in [1.54, 1.807) is 24.3 Å². The highest BCUT2D eigenvalue weighted by Crippen LogP contribution is 2.33. The molecule has 0 radical (unpaired) electrons. The molecule has 25 heavy (non-hydrogen) atoms. The summed E-state index contributed by atoms with van der Waals surface area (Å²) in [7, 11) is -3.28. The first-order valence-electron chi connectivity index (χ1n) is 7.28. The molecule has 2 aromatic carbocycles. The zero-order chi connectivity index (χ0) is 18.6. The van der Waals surface area contributed by atoms with Gasteiger partial charge in [-0.05, 0) is 93.6 Å². The van der Waals surface area contributed by atoms with Crippen molar-refractivity contribution in [1.29, 1.82) is 0 Å². The van der Waals surface area contributed by atoms with Crippen LogP contribution in [0.3, 0.4) is 0 Å². The molecule has 5 nitrogen and oxygen atoms in total. The molecule has 0 aliphatic rings. The van der Waals surface area contributed by atoms with E-state index in [0.717, 1.165) is 19.0 Å². The van der Waals surface area contributed by atoms with Crippen molar-refractivity contribution in [2.45, 2.75) is 12.8 Å². The molecule has 0 amide bonds. The molecule has 0 unspecified atom stereocenters. The van der Waals surface area contributed by atoms with E-state index in [4.69, 9.17) is 4.74 Å². The smallest absolute Gasteiger partial charge is 0.154 e. The Labute approximate surface area is 174 Å². The highest BCUT2D eigenvalue weighted by Gasteiger charge is 2.14. The SMILES string of the molecule is CS(=O)(=O)CC(=O)CCc1cc(I)c(Oc2ccc(O)cc2)c(I)c1. The minimum atomic E-state index is -3.28. The average molecular weight is 586 g/mol. The quantitative estimate of drug-likeness (QED) is 0.498. The van der Waals surface area contributed by atoms with Crippen LogP contribution in [0, 0.1) is 7.14 Å². The summed E-state index contributed by atoms with van der Waals surface area (Å²) in [5, 5.41) is 9.32. The molecule has 0 heterocycles. The second-order valence-corrected chi connectivity index (χ2v) is 10.1. The van der Waals surface area contributed by atoms with Crippen LogP contribution in [0.2, 0.25) is 0 Å². The first-order valence-corrected chi connectivity index (χ1v) is 11.5. The number of carbonyl (C=O) groups excluding carboxylic acids is 1. The summed E-state index contributed by atoms with van der Waals surface area (Å²) in [5.74, 6) is 0.800. The molecular formula is C17H16I2O5S. The number of rotatable bonds is 7. The number of phenols is 1. The van der Waals surface area contributed by atoms with E-state index in [0.29, 0.717) is 17.9 Å². The van der Waals surface area contributed by atoms with E-state index < -0.39 is 15.6 Å². The molecule has 0 fully saturated rings. The summed E-state index contributed by atoms with van der Waals surface area (Å²) in [4.78, 5) is 11.7. The Bertz CT molecular complexity index is 853. The summed E-state index contributed by atoms with van der Waals surface area (Å²) in [5.41, 5.74) is 0.953. The van der Waals surface area contributed by atoms with Crippen molar-refractivity contribution < 1.29 is 23.1 Å². The first kappa shape index (κ1) is 20.4. The lowest BCUT2D eigenvalue weighted by molar-refractivity contribution is -0.116. The number of aryl methyl sites for hydroxylation is 1. The topological polar surface area (TPSA) is 80.7 Å². The maximum absolute atomic E-state index is 11.7. The second-order valence-electron chi connectivity index (χ2n) is 5.59. The Balaban J connectivity index is 2.09. The number of Topliss-reactive ketones (excluding diaryl/α,β-unsaturated/α-hetero) is 1.